The van der Waals surface area contributed by atoms with E-state index in [1.54, 1.807) is 32.4 Å². The van der Waals surface area contributed by atoms with Crippen LogP contribution in [0.15, 0.2) is 18.2 Å². The highest BCUT2D eigenvalue weighted by Crippen LogP contribution is 2.36. The van der Waals surface area contributed by atoms with Crippen LogP contribution in [-0.2, 0) is 4.79 Å². The van der Waals surface area contributed by atoms with Gasteiger partial charge in [0.15, 0.2) is 0 Å². The molecule has 1 aromatic carbocycles. The Hall–Kier alpha value is -2.24. The van der Waals surface area contributed by atoms with E-state index in [2.05, 4.69) is 4.90 Å². The average molecular weight is 358 g/mol. The van der Waals surface area contributed by atoms with Gasteiger partial charge < -0.3 is 19.3 Å². The summed E-state index contributed by atoms with van der Waals surface area (Å²) in [5.41, 5.74) is 0.495. The molecule has 140 valence electrons. The molecule has 5 rings (SSSR count). The number of amides is 2. The maximum atomic E-state index is 13.2. The molecule has 2 bridgehead atoms. The van der Waals surface area contributed by atoms with E-state index in [-0.39, 0.29) is 23.8 Å². The minimum atomic E-state index is -0.0845. The molecule has 3 heterocycles. The Labute approximate surface area is 154 Å². The summed E-state index contributed by atoms with van der Waals surface area (Å²) in [4.78, 5) is 30.0. The first-order chi connectivity index (χ1) is 12.6. The van der Waals surface area contributed by atoms with E-state index in [1.807, 2.05) is 4.90 Å². The predicted molar refractivity (Wildman–Crippen MR) is 96.4 cm³/mol. The largest absolute Gasteiger partial charge is 0.497 e. The maximum Gasteiger partial charge on any atom is 0.257 e. The fourth-order valence-electron chi connectivity index (χ4n) is 4.18. The zero-order chi connectivity index (χ0) is 18.3. The highest BCUT2D eigenvalue weighted by Gasteiger charge is 2.43. The molecule has 6 heteroatoms. The molecular weight excluding hydrogens is 332 g/mol. The van der Waals surface area contributed by atoms with Gasteiger partial charge in [-0.2, -0.15) is 0 Å². The third-order valence-corrected chi connectivity index (χ3v) is 5.87. The van der Waals surface area contributed by atoms with Gasteiger partial charge in [-0.15, -0.1) is 0 Å². The molecular formula is C20H26N2O4. The number of carbonyl (C=O) groups excluding carboxylic acids is 2. The number of carbonyl (C=O) groups is 2. The Morgan fingerprint density at radius 2 is 1.92 bits per heavy atom. The molecule has 3 aliphatic heterocycles. The van der Waals surface area contributed by atoms with Crippen molar-refractivity contribution < 1.29 is 19.1 Å². The van der Waals surface area contributed by atoms with Crippen LogP contribution in [0.3, 0.4) is 0 Å². The smallest absolute Gasteiger partial charge is 0.257 e. The Kier molecular flexibility index (Phi) is 4.51. The van der Waals surface area contributed by atoms with Gasteiger partial charge in [0.05, 0.1) is 25.7 Å². The first-order valence-electron chi connectivity index (χ1n) is 9.42. The van der Waals surface area contributed by atoms with Crippen LogP contribution < -0.4 is 9.47 Å². The monoisotopic (exact) mass is 358 g/mol. The van der Waals surface area contributed by atoms with E-state index < -0.39 is 0 Å². The average Bonchev–Trinajstić information content (AvgIpc) is 3.50. The van der Waals surface area contributed by atoms with Crippen molar-refractivity contribution in [2.24, 2.45) is 11.8 Å². The molecule has 1 aliphatic carbocycles. The first kappa shape index (κ1) is 17.2. The summed E-state index contributed by atoms with van der Waals surface area (Å²) in [6, 6.07) is 5.39. The zero-order valence-electron chi connectivity index (χ0n) is 15.4. The molecule has 0 unspecified atom stereocenters. The number of hydrogen-bond acceptors (Lipinski definition) is 4. The molecule has 0 radical (unpaired) electrons. The molecule has 26 heavy (non-hydrogen) atoms. The lowest BCUT2D eigenvalue weighted by Crippen LogP contribution is -2.48. The molecule has 4 aliphatic rings. The Morgan fingerprint density at radius 3 is 2.62 bits per heavy atom. The van der Waals surface area contributed by atoms with Crippen LogP contribution in [0, 0.1) is 11.8 Å². The van der Waals surface area contributed by atoms with Gasteiger partial charge in [-0.25, -0.2) is 0 Å². The summed E-state index contributed by atoms with van der Waals surface area (Å²) >= 11 is 0. The Balaban J connectivity index is 1.58. The van der Waals surface area contributed by atoms with Gasteiger partial charge in [-0.1, -0.05) is 0 Å². The number of fused-ring (bicyclic) bond motifs is 4. The molecule has 0 aromatic heterocycles. The molecule has 6 nitrogen and oxygen atoms in total. The van der Waals surface area contributed by atoms with Gasteiger partial charge in [-0.3, -0.25) is 9.59 Å². The molecule has 0 spiro atoms. The van der Waals surface area contributed by atoms with E-state index in [0.29, 0.717) is 36.1 Å². The fraction of sp³-hybridized carbons (Fsp3) is 0.600. The van der Waals surface area contributed by atoms with Gasteiger partial charge in [0.2, 0.25) is 5.91 Å². The number of nitrogens with zero attached hydrogens (tertiary/aromatic N) is 2. The van der Waals surface area contributed by atoms with Crippen molar-refractivity contribution in [1.82, 2.24) is 9.80 Å². The fourth-order valence-corrected chi connectivity index (χ4v) is 4.18. The SMILES string of the molecule is COc1ccc(OC)c(C(=O)N2C[C@H]3CC[C@@H](C2)N(CC2CC2)C3=O)c1. The lowest BCUT2D eigenvalue weighted by atomic mass is 9.94. The summed E-state index contributed by atoms with van der Waals surface area (Å²) in [6.07, 6.45) is 4.32. The standard InChI is InChI=1S/C20H26N2O4/c1-25-16-7-8-18(26-2)17(9-16)20(24)21-11-14-5-6-15(12-21)22(19(14)23)10-13-3-4-13/h7-9,13-15H,3-6,10-12H2,1-2H3/t14-,15+/m1/s1. The number of rotatable bonds is 5. The van der Waals surface area contributed by atoms with E-state index in [1.165, 1.54) is 12.8 Å². The summed E-state index contributed by atoms with van der Waals surface area (Å²) in [7, 11) is 3.14. The molecule has 4 fully saturated rings. The van der Waals surface area contributed by atoms with E-state index in [0.717, 1.165) is 19.4 Å². The number of benzene rings is 1. The summed E-state index contributed by atoms with van der Waals surface area (Å²) < 4.78 is 10.6. The number of ether oxygens (including phenoxy) is 2. The molecule has 2 amide bonds. The Morgan fingerprint density at radius 1 is 1.12 bits per heavy atom. The van der Waals surface area contributed by atoms with Crippen molar-refractivity contribution in [3.8, 4) is 11.5 Å². The molecule has 2 atom stereocenters. The lowest BCUT2D eigenvalue weighted by molar-refractivity contribution is -0.140. The zero-order valence-corrected chi connectivity index (χ0v) is 15.4. The normalized spacial score (nSPS) is 25.2. The van der Waals surface area contributed by atoms with E-state index in [4.69, 9.17) is 9.47 Å². The second kappa shape index (κ2) is 6.82. The summed E-state index contributed by atoms with van der Waals surface area (Å²) in [6.45, 7) is 1.97. The van der Waals surface area contributed by atoms with E-state index >= 15 is 0 Å². The summed E-state index contributed by atoms with van der Waals surface area (Å²) in [5.74, 6) is 1.90. The van der Waals surface area contributed by atoms with Crippen LogP contribution in [0.2, 0.25) is 0 Å². The summed E-state index contributed by atoms with van der Waals surface area (Å²) in [5, 5.41) is 0. The quantitative estimate of drug-likeness (QED) is 0.809. The van der Waals surface area contributed by atoms with Gasteiger partial charge in [0.25, 0.3) is 5.91 Å². The first-order valence-corrected chi connectivity index (χ1v) is 9.42. The van der Waals surface area contributed by atoms with Crippen LogP contribution in [-0.4, -0.2) is 61.5 Å². The number of piperidine rings is 1. The van der Waals surface area contributed by atoms with E-state index in [9.17, 15) is 9.59 Å². The maximum absolute atomic E-state index is 13.2. The molecule has 1 aromatic rings. The second-order valence-corrected chi connectivity index (χ2v) is 7.64. The van der Waals surface area contributed by atoms with Gasteiger partial charge in [0, 0.05) is 25.7 Å². The highest BCUT2D eigenvalue weighted by molar-refractivity contribution is 5.98. The third-order valence-electron chi connectivity index (χ3n) is 5.87. The van der Waals surface area contributed by atoms with Gasteiger partial charge >= 0.3 is 0 Å². The van der Waals surface area contributed by atoms with Crippen molar-refractivity contribution >= 4 is 11.8 Å². The van der Waals surface area contributed by atoms with Crippen LogP contribution in [0.5, 0.6) is 11.5 Å². The van der Waals surface area contributed by atoms with Gasteiger partial charge in [-0.05, 0) is 49.8 Å². The molecule has 1 saturated carbocycles. The van der Waals surface area contributed by atoms with Crippen molar-refractivity contribution in [1.29, 1.82) is 0 Å². The van der Waals surface area contributed by atoms with Crippen molar-refractivity contribution in [2.45, 2.75) is 31.7 Å². The lowest BCUT2D eigenvalue weighted by Gasteiger charge is -2.36. The topological polar surface area (TPSA) is 59.1 Å². The third kappa shape index (κ3) is 3.13. The van der Waals surface area contributed by atoms with Crippen LogP contribution >= 0.6 is 0 Å². The number of hydrogen-bond donors (Lipinski definition) is 0. The van der Waals surface area contributed by atoms with Crippen LogP contribution in [0.25, 0.3) is 0 Å². The van der Waals surface area contributed by atoms with Crippen LogP contribution in [0.4, 0.5) is 0 Å². The molecule has 0 N–H and O–H groups in total. The van der Waals surface area contributed by atoms with Crippen LogP contribution in [0.1, 0.15) is 36.0 Å². The highest BCUT2D eigenvalue weighted by atomic mass is 16.5. The van der Waals surface area contributed by atoms with Crippen molar-refractivity contribution in [3.05, 3.63) is 23.8 Å². The van der Waals surface area contributed by atoms with Gasteiger partial charge in [0.1, 0.15) is 11.5 Å². The molecule has 3 saturated heterocycles. The predicted octanol–water partition coefficient (Wildman–Crippen LogP) is 2.18. The minimum absolute atomic E-state index is 0.0759. The van der Waals surface area contributed by atoms with Crippen molar-refractivity contribution in [3.63, 3.8) is 0 Å². The number of methoxy groups -OCH3 is 2. The second-order valence-electron chi connectivity index (χ2n) is 7.64. The van der Waals surface area contributed by atoms with Crippen molar-refractivity contribution in [2.75, 3.05) is 33.9 Å². The minimum Gasteiger partial charge on any atom is -0.497 e. The Bertz CT molecular complexity index is 716.